The lowest BCUT2D eigenvalue weighted by molar-refractivity contribution is -0.129. The van der Waals surface area contributed by atoms with Crippen LogP contribution in [0.3, 0.4) is 0 Å². The molecule has 0 bridgehead atoms. The highest BCUT2D eigenvalue weighted by molar-refractivity contribution is 6.30. The third-order valence-corrected chi connectivity index (χ3v) is 3.84. The van der Waals surface area contributed by atoms with Crippen molar-refractivity contribution in [1.29, 1.82) is 0 Å². The molecule has 4 nitrogen and oxygen atoms in total. The van der Waals surface area contributed by atoms with Gasteiger partial charge >= 0.3 is 0 Å². The summed E-state index contributed by atoms with van der Waals surface area (Å²) >= 11 is 5.89. The van der Waals surface area contributed by atoms with Gasteiger partial charge in [-0.05, 0) is 57.5 Å². The van der Waals surface area contributed by atoms with Gasteiger partial charge in [-0.3, -0.25) is 15.2 Å². The summed E-state index contributed by atoms with van der Waals surface area (Å²) in [7, 11) is 1.89. The normalized spacial score (nSPS) is 15.7. The van der Waals surface area contributed by atoms with Crippen molar-refractivity contribution in [2.75, 3.05) is 18.6 Å². The summed E-state index contributed by atoms with van der Waals surface area (Å²) < 4.78 is 0. The van der Waals surface area contributed by atoms with Crippen molar-refractivity contribution < 1.29 is 4.79 Å². The number of anilines is 1. The second-order valence-corrected chi connectivity index (χ2v) is 6.80. The Morgan fingerprint density at radius 3 is 2.29 bits per heavy atom. The summed E-state index contributed by atoms with van der Waals surface area (Å²) in [5, 5.41) is 2.53. The molecule has 0 saturated heterocycles. The lowest BCUT2D eigenvalue weighted by atomic mass is 10.1. The summed E-state index contributed by atoms with van der Waals surface area (Å²) in [6.07, 6.45) is 0. The first kappa shape index (κ1) is 15.7. The van der Waals surface area contributed by atoms with Crippen LogP contribution in [0.2, 0.25) is 5.02 Å². The standard InChI is InChI=1S/C16H22ClN3O/c1-11-10-20(16(2,3)4)15(21)14(11)18-19(5)13-8-6-12(17)7-9-13/h6-9,18H,10H2,1-5H3. The molecule has 1 amide bonds. The molecule has 1 aliphatic rings. The maximum atomic E-state index is 12.5. The van der Waals surface area contributed by atoms with E-state index in [9.17, 15) is 4.79 Å². The molecule has 0 aromatic heterocycles. The summed E-state index contributed by atoms with van der Waals surface area (Å²) in [6, 6.07) is 7.47. The summed E-state index contributed by atoms with van der Waals surface area (Å²) in [4.78, 5) is 14.4. The van der Waals surface area contributed by atoms with Crippen molar-refractivity contribution in [3.05, 3.63) is 40.6 Å². The Morgan fingerprint density at radius 2 is 1.81 bits per heavy atom. The van der Waals surface area contributed by atoms with Gasteiger partial charge in [0.05, 0.1) is 5.69 Å². The Balaban J connectivity index is 2.14. The molecule has 0 radical (unpaired) electrons. The minimum atomic E-state index is -0.180. The predicted molar refractivity (Wildman–Crippen MR) is 87.2 cm³/mol. The summed E-state index contributed by atoms with van der Waals surface area (Å²) in [5.74, 6) is 0.0424. The van der Waals surface area contributed by atoms with E-state index in [1.165, 1.54) is 0 Å². The van der Waals surface area contributed by atoms with Crippen molar-refractivity contribution in [3.63, 3.8) is 0 Å². The Hall–Kier alpha value is -1.68. The summed E-state index contributed by atoms with van der Waals surface area (Å²) in [5.41, 5.74) is 5.67. The fourth-order valence-electron chi connectivity index (χ4n) is 2.29. The minimum Gasteiger partial charge on any atom is -0.328 e. The van der Waals surface area contributed by atoms with Crippen molar-refractivity contribution >= 4 is 23.2 Å². The van der Waals surface area contributed by atoms with E-state index in [-0.39, 0.29) is 11.4 Å². The number of hydrazine groups is 1. The Labute approximate surface area is 131 Å². The smallest absolute Gasteiger partial charge is 0.272 e. The quantitative estimate of drug-likeness (QED) is 0.871. The molecule has 114 valence electrons. The van der Waals surface area contributed by atoms with Crippen LogP contribution >= 0.6 is 11.6 Å². The van der Waals surface area contributed by atoms with Gasteiger partial charge in [0.1, 0.15) is 5.70 Å². The van der Waals surface area contributed by atoms with E-state index in [0.29, 0.717) is 17.3 Å². The molecule has 1 N–H and O–H groups in total. The lowest BCUT2D eigenvalue weighted by Crippen LogP contribution is -2.46. The van der Waals surface area contributed by atoms with Crippen molar-refractivity contribution in [2.24, 2.45) is 0 Å². The molecule has 0 fully saturated rings. The van der Waals surface area contributed by atoms with E-state index in [1.807, 2.05) is 68.9 Å². The fourth-order valence-corrected chi connectivity index (χ4v) is 2.41. The SMILES string of the molecule is CC1=C(NN(C)c2ccc(Cl)cc2)C(=O)N(C(C)(C)C)C1. The van der Waals surface area contributed by atoms with Crippen molar-refractivity contribution in [2.45, 2.75) is 33.2 Å². The minimum absolute atomic E-state index is 0.0424. The van der Waals surface area contributed by atoms with Crippen LogP contribution < -0.4 is 10.4 Å². The highest BCUT2D eigenvalue weighted by Crippen LogP contribution is 2.25. The average molecular weight is 308 g/mol. The molecule has 21 heavy (non-hydrogen) atoms. The van der Waals surface area contributed by atoms with Gasteiger partial charge in [-0.15, -0.1) is 0 Å². The van der Waals surface area contributed by atoms with Gasteiger partial charge in [0, 0.05) is 24.2 Å². The summed E-state index contributed by atoms with van der Waals surface area (Å²) in [6.45, 7) is 8.79. The first-order valence-corrected chi connectivity index (χ1v) is 7.35. The molecule has 0 aliphatic carbocycles. The van der Waals surface area contributed by atoms with Crippen molar-refractivity contribution in [3.8, 4) is 0 Å². The molecule has 1 aliphatic heterocycles. The maximum absolute atomic E-state index is 12.5. The molecule has 0 atom stereocenters. The number of rotatable bonds is 3. The van der Waals surface area contributed by atoms with Gasteiger partial charge in [0.2, 0.25) is 0 Å². The number of benzene rings is 1. The first-order chi connectivity index (χ1) is 9.70. The third kappa shape index (κ3) is 3.32. The molecular weight excluding hydrogens is 286 g/mol. The van der Waals surface area contributed by atoms with Gasteiger partial charge in [-0.1, -0.05) is 11.6 Å². The number of nitrogens with one attached hydrogen (secondary N) is 1. The van der Waals surface area contributed by atoms with Crippen LogP contribution in [0, 0.1) is 0 Å². The third-order valence-electron chi connectivity index (χ3n) is 3.58. The molecular formula is C16H22ClN3O. The maximum Gasteiger partial charge on any atom is 0.272 e. The number of hydrogen-bond acceptors (Lipinski definition) is 3. The van der Waals surface area contributed by atoms with Crippen LogP contribution in [0.4, 0.5) is 5.69 Å². The topological polar surface area (TPSA) is 35.6 Å². The molecule has 1 heterocycles. The van der Waals surface area contributed by atoms with Crippen LogP contribution in [-0.4, -0.2) is 29.9 Å². The second kappa shape index (κ2) is 5.60. The van der Waals surface area contributed by atoms with E-state index in [4.69, 9.17) is 11.6 Å². The van der Waals surface area contributed by atoms with Gasteiger partial charge in [-0.2, -0.15) is 0 Å². The van der Waals surface area contributed by atoms with Gasteiger partial charge in [0.15, 0.2) is 0 Å². The average Bonchev–Trinajstić information content (AvgIpc) is 2.67. The molecule has 0 unspecified atom stereocenters. The van der Waals surface area contributed by atoms with Crippen LogP contribution in [0.1, 0.15) is 27.7 Å². The molecule has 0 spiro atoms. The fraction of sp³-hybridized carbons (Fsp3) is 0.438. The number of halogens is 1. The number of hydrogen-bond donors (Lipinski definition) is 1. The van der Waals surface area contributed by atoms with E-state index in [0.717, 1.165) is 11.3 Å². The predicted octanol–water partition coefficient (Wildman–Crippen LogP) is 3.20. The van der Waals surface area contributed by atoms with E-state index in [1.54, 1.807) is 0 Å². The van der Waals surface area contributed by atoms with E-state index < -0.39 is 0 Å². The van der Waals surface area contributed by atoms with Gasteiger partial charge in [0.25, 0.3) is 5.91 Å². The highest BCUT2D eigenvalue weighted by atomic mass is 35.5. The van der Waals surface area contributed by atoms with Gasteiger partial charge < -0.3 is 4.90 Å². The van der Waals surface area contributed by atoms with Crippen molar-refractivity contribution in [1.82, 2.24) is 10.3 Å². The van der Waals surface area contributed by atoms with Crippen LogP contribution in [0.15, 0.2) is 35.5 Å². The molecule has 0 saturated carbocycles. The first-order valence-electron chi connectivity index (χ1n) is 6.98. The molecule has 5 heteroatoms. The zero-order valence-electron chi connectivity index (χ0n) is 13.2. The molecule has 1 aromatic carbocycles. The van der Waals surface area contributed by atoms with E-state index >= 15 is 0 Å². The largest absolute Gasteiger partial charge is 0.328 e. The number of carbonyl (C=O) groups is 1. The number of amides is 1. The Kier molecular flexibility index (Phi) is 4.19. The lowest BCUT2D eigenvalue weighted by Gasteiger charge is -2.32. The Bertz CT molecular complexity index is 572. The second-order valence-electron chi connectivity index (χ2n) is 6.36. The van der Waals surface area contributed by atoms with Gasteiger partial charge in [-0.25, -0.2) is 0 Å². The Morgan fingerprint density at radius 1 is 1.24 bits per heavy atom. The van der Waals surface area contributed by atoms with E-state index in [2.05, 4.69) is 5.43 Å². The monoisotopic (exact) mass is 307 g/mol. The van der Waals surface area contributed by atoms with Crippen LogP contribution in [-0.2, 0) is 4.79 Å². The highest BCUT2D eigenvalue weighted by Gasteiger charge is 2.35. The molecule has 2 rings (SSSR count). The van der Waals surface area contributed by atoms with Crippen LogP contribution in [0.5, 0.6) is 0 Å². The van der Waals surface area contributed by atoms with Crippen LogP contribution in [0.25, 0.3) is 0 Å². The number of carbonyl (C=O) groups excluding carboxylic acids is 1. The zero-order chi connectivity index (χ0) is 15.8. The number of nitrogens with zero attached hydrogens (tertiary/aromatic N) is 2. The molecule has 1 aromatic rings. The zero-order valence-corrected chi connectivity index (χ0v) is 14.0.